The van der Waals surface area contributed by atoms with Gasteiger partial charge in [-0.1, -0.05) is 0 Å². The monoisotopic (exact) mass is 313 g/mol. The van der Waals surface area contributed by atoms with Crippen LogP contribution in [0.4, 0.5) is 0 Å². The minimum absolute atomic E-state index is 0.0559. The molecule has 1 amide bonds. The number of carboxylic acid groups (broad SMARTS) is 1. The largest absolute Gasteiger partial charge is 0.480 e. The molecule has 0 heterocycles. The van der Waals surface area contributed by atoms with Gasteiger partial charge in [-0.05, 0) is 44.0 Å². The molecule has 0 spiro atoms. The number of carbonyl (C=O) groups is 2. The van der Waals surface area contributed by atoms with Crippen molar-refractivity contribution in [3.05, 3.63) is 28.8 Å². The fourth-order valence-corrected chi connectivity index (χ4v) is 2.65. The lowest BCUT2D eigenvalue weighted by Gasteiger charge is -2.20. The summed E-state index contributed by atoms with van der Waals surface area (Å²) in [6, 6.07) is 2.82. The van der Waals surface area contributed by atoms with Crippen molar-refractivity contribution in [2.75, 3.05) is 19.3 Å². The van der Waals surface area contributed by atoms with E-state index < -0.39 is 28.3 Å². The number of rotatable bonds is 5. The quantitative estimate of drug-likeness (QED) is 0.883. The zero-order chi connectivity index (χ0) is 16.4. The van der Waals surface area contributed by atoms with Crippen molar-refractivity contribution < 1.29 is 23.1 Å². The van der Waals surface area contributed by atoms with Crippen LogP contribution in [0.15, 0.2) is 17.0 Å². The van der Waals surface area contributed by atoms with E-state index in [1.807, 2.05) is 0 Å². The van der Waals surface area contributed by atoms with Crippen LogP contribution in [-0.4, -0.2) is 49.6 Å². The minimum atomic E-state index is -3.44. The van der Waals surface area contributed by atoms with Crippen LogP contribution in [0.25, 0.3) is 0 Å². The Hall–Kier alpha value is -1.89. The molecule has 0 fully saturated rings. The molecular formula is C14H19NO5S. The molecule has 7 heteroatoms. The lowest BCUT2D eigenvalue weighted by molar-refractivity contribution is -0.137. The van der Waals surface area contributed by atoms with Crippen LogP contribution in [0.3, 0.4) is 0 Å². The molecule has 0 radical (unpaired) electrons. The van der Waals surface area contributed by atoms with Gasteiger partial charge in [-0.25, -0.2) is 8.42 Å². The molecule has 21 heavy (non-hydrogen) atoms. The number of aliphatic carboxylic acids is 1. The van der Waals surface area contributed by atoms with Crippen LogP contribution in [0.5, 0.6) is 0 Å². The van der Waals surface area contributed by atoms with E-state index in [0.717, 1.165) is 11.2 Å². The van der Waals surface area contributed by atoms with Crippen molar-refractivity contribution in [1.29, 1.82) is 0 Å². The SMILES string of the molecule is CCN(CC(=O)O)C(=O)c1cc(S(C)(=O)=O)cc(C)c1C. The maximum Gasteiger partial charge on any atom is 0.323 e. The minimum Gasteiger partial charge on any atom is -0.480 e. The highest BCUT2D eigenvalue weighted by molar-refractivity contribution is 7.90. The average molecular weight is 313 g/mol. The molecule has 1 aromatic rings. The Labute approximate surface area is 124 Å². The number of hydrogen-bond donors (Lipinski definition) is 1. The van der Waals surface area contributed by atoms with Gasteiger partial charge >= 0.3 is 5.97 Å². The molecule has 1 aromatic carbocycles. The van der Waals surface area contributed by atoms with Gasteiger partial charge in [0.15, 0.2) is 9.84 Å². The predicted molar refractivity (Wildman–Crippen MR) is 78.2 cm³/mol. The van der Waals surface area contributed by atoms with E-state index in [2.05, 4.69) is 0 Å². The Kier molecular flexibility index (Phi) is 5.11. The number of likely N-dealkylation sites (N-methyl/N-ethyl adjacent to an activating group) is 1. The predicted octanol–water partition coefficient (Wildman–Crippen LogP) is 1.25. The van der Waals surface area contributed by atoms with Crippen LogP contribution >= 0.6 is 0 Å². The molecule has 0 unspecified atom stereocenters. The average Bonchev–Trinajstić information content (AvgIpc) is 2.36. The van der Waals surface area contributed by atoms with Crippen molar-refractivity contribution in [2.24, 2.45) is 0 Å². The van der Waals surface area contributed by atoms with Crippen LogP contribution in [0, 0.1) is 13.8 Å². The summed E-state index contributed by atoms with van der Waals surface area (Å²) in [7, 11) is -3.44. The number of amides is 1. The van der Waals surface area contributed by atoms with Gasteiger partial charge in [0.2, 0.25) is 0 Å². The van der Waals surface area contributed by atoms with Crippen LogP contribution < -0.4 is 0 Å². The van der Waals surface area contributed by atoms with Crippen molar-refractivity contribution in [1.82, 2.24) is 4.90 Å². The number of aryl methyl sites for hydroxylation is 1. The Bertz CT molecular complexity index is 679. The molecule has 6 nitrogen and oxygen atoms in total. The van der Waals surface area contributed by atoms with Gasteiger partial charge in [0.05, 0.1) is 4.90 Å². The molecule has 0 bridgehead atoms. The standard InChI is InChI=1S/C14H19NO5S/c1-5-15(8-13(16)17)14(18)12-7-11(21(4,19)20)6-9(2)10(12)3/h6-7H,5,8H2,1-4H3,(H,16,17). The third-order valence-electron chi connectivity index (χ3n) is 3.29. The van der Waals surface area contributed by atoms with Gasteiger partial charge in [-0.15, -0.1) is 0 Å². The topological polar surface area (TPSA) is 91.8 Å². The van der Waals surface area contributed by atoms with Crippen LogP contribution in [0.1, 0.15) is 28.4 Å². The number of carbonyl (C=O) groups excluding carboxylic acids is 1. The van der Waals surface area contributed by atoms with E-state index in [1.54, 1.807) is 20.8 Å². The highest BCUT2D eigenvalue weighted by Gasteiger charge is 2.21. The first-order valence-corrected chi connectivity index (χ1v) is 8.29. The number of nitrogens with zero attached hydrogens (tertiary/aromatic N) is 1. The molecule has 0 saturated carbocycles. The second-order valence-electron chi connectivity index (χ2n) is 4.90. The second-order valence-corrected chi connectivity index (χ2v) is 6.91. The van der Waals surface area contributed by atoms with E-state index in [4.69, 9.17) is 5.11 Å². The van der Waals surface area contributed by atoms with Gasteiger partial charge in [0.1, 0.15) is 6.54 Å². The van der Waals surface area contributed by atoms with Gasteiger partial charge in [0, 0.05) is 18.4 Å². The number of carboxylic acids is 1. The highest BCUT2D eigenvalue weighted by Crippen LogP contribution is 2.21. The van der Waals surface area contributed by atoms with E-state index in [1.165, 1.54) is 12.1 Å². The van der Waals surface area contributed by atoms with Crippen molar-refractivity contribution in [3.63, 3.8) is 0 Å². The molecule has 0 aromatic heterocycles. The van der Waals surface area contributed by atoms with Crippen molar-refractivity contribution in [2.45, 2.75) is 25.7 Å². The first-order chi connectivity index (χ1) is 9.57. The van der Waals surface area contributed by atoms with Crippen molar-refractivity contribution >= 4 is 21.7 Å². The molecule has 0 atom stereocenters. The van der Waals surface area contributed by atoms with E-state index >= 15 is 0 Å². The first kappa shape index (κ1) is 17.2. The van der Waals surface area contributed by atoms with Crippen LogP contribution in [-0.2, 0) is 14.6 Å². The molecule has 0 aliphatic heterocycles. The number of benzene rings is 1. The molecule has 1 N–H and O–H groups in total. The summed E-state index contributed by atoms with van der Waals surface area (Å²) < 4.78 is 23.3. The third kappa shape index (κ3) is 4.04. The van der Waals surface area contributed by atoms with E-state index in [0.29, 0.717) is 11.1 Å². The lowest BCUT2D eigenvalue weighted by Crippen LogP contribution is -2.36. The first-order valence-electron chi connectivity index (χ1n) is 6.40. The molecule has 116 valence electrons. The van der Waals surface area contributed by atoms with Gasteiger partial charge < -0.3 is 10.0 Å². The Morgan fingerprint density at radius 2 is 1.81 bits per heavy atom. The zero-order valence-electron chi connectivity index (χ0n) is 12.5. The maximum absolute atomic E-state index is 12.4. The van der Waals surface area contributed by atoms with Gasteiger partial charge in [-0.2, -0.15) is 0 Å². The summed E-state index contributed by atoms with van der Waals surface area (Å²) in [5.41, 5.74) is 1.54. The van der Waals surface area contributed by atoms with Crippen LogP contribution in [0.2, 0.25) is 0 Å². The fraction of sp³-hybridized carbons (Fsp3) is 0.429. The Balaban J connectivity index is 3.38. The van der Waals surface area contributed by atoms with E-state index in [9.17, 15) is 18.0 Å². The summed E-state index contributed by atoms with van der Waals surface area (Å²) in [6.45, 7) is 4.91. The molecule has 0 aliphatic carbocycles. The molecule has 1 rings (SSSR count). The summed E-state index contributed by atoms with van der Waals surface area (Å²) in [5, 5.41) is 8.83. The van der Waals surface area contributed by atoms with Crippen molar-refractivity contribution in [3.8, 4) is 0 Å². The summed E-state index contributed by atoms with van der Waals surface area (Å²) in [4.78, 5) is 24.4. The highest BCUT2D eigenvalue weighted by atomic mass is 32.2. The van der Waals surface area contributed by atoms with E-state index in [-0.39, 0.29) is 17.0 Å². The van der Waals surface area contributed by atoms with Gasteiger partial charge in [-0.3, -0.25) is 9.59 Å². The smallest absolute Gasteiger partial charge is 0.323 e. The molecule has 0 saturated heterocycles. The fourth-order valence-electron chi connectivity index (χ4n) is 1.92. The summed E-state index contributed by atoms with van der Waals surface area (Å²) in [5.74, 6) is -1.59. The Morgan fingerprint density at radius 1 is 1.24 bits per heavy atom. The summed E-state index contributed by atoms with van der Waals surface area (Å²) >= 11 is 0. The normalized spacial score (nSPS) is 11.2. The zero-order valence-corrected chi connectivity index (χ0v) is 13.3. The Morgan fingerprint density at radius 3 is 2.24 bits per heavy atom. The summed E-state index contributed by atoms with van der Waals surface area (Å²) in [6.07, 6.45) is 1.07. The molecule has 0 aliphatic rings. The molecular weight excluding hydrogens is 294 g/mol. The second kappa shape index (κ2) is 6.26. The number of sulfone groups is 1. The third-order valence-corrected chi connectivity index (χ3v) is 4.39. The lowest BCUT2D eigenvalue weighted by atomic mass is 10.0. The maximum atomic E-state index is 12.4. The van der Waals surface area contributed by atoms with Gasteiger partial charge in [0.25, 0.3) is 5.91 Å². The number of hydrogen-bond acceptors (Lipinski definition) is 4.